The van der Waals surface area contributed by atoms with Crippen LogP contribution in [0.25, 0.3) is 0 Å². The van der Waals surface area contributed by atoms with Crippen LogP contribution >= 0.6 is 0 Å². The minimum atomic E-state index is -4.62. The molecule has 3 aromatic rings. The van der Waals surface area contributed by atoms with Gasteiger partial charge in [0, 0.05) is 25.2 Å². The molecular formula is C31H35F3N2O2S. The summed E-state index contributed by atoms with van der Waals surface area (Å²) in [5.41, 5.74) is 1.86. The van der Waals surface area contributed by atoms with E-state index in [2.05, 4.69) is 29.2 Å². The third-order valence-corrected chi connectivity index (χ3v) is 10.1. The van der Waals surface area contributed by atoms with Crippen molar-refractivity contribution in [1.82, 2.24) is 4.90 Å². The third kappa shape index (κ3) is 6.02. The van der Waals surface area contributed by atoms with Crippen molar-refractivity contribution in [3.63, 3.8) is 0 Å². The van der Waals surface area contributed by atoms with E-state index in [4.69, 9.17) is 0 Å². The van der Waals surface area contributed by atoms with E-state index in [0.717, 1.165) is 43.6 Å². The molecule has 0 bridgehead atoms. The number of hydrogen-bond donors (Lipinski definition) is 0. The van der Waals surface area contributed by atoms with E-state index in [9.17, 15) is 21.6 Å². The molecule has 0 radical (unpaired) electrons. The first-order valence-corrected chi connectivity index (χ1v) is 15.2. The quantitative estimate of drug-likeness (QED) is 0.318. The molecule has 0 amide bonds. The maximum atomic E-state index is 14.0. The predicted molar refractivity (Wildman–Crippen MR) is 148 cm³/mol. The van der Waals surface area contributed by atoms with Crippen LogP contribution in [-0.4, -0.2) is 38.5 Å². The van der Waals surface area contributed by atoms with E-state index in [1.165, 1.54) is 34.8 Å². The van der Waals surface area contributed by atoms with Crippen molar-refractivity contribution in [3.8, 4) is 0 Å². The van der Waals surface area contributed by atoms with Crippen LogP contribution in [0.3, 0.4) is 0 Å². The standard InChI is InChI=1S/C31H35F3N2O2S/c1-23-14-16-26(17-15-23)36(39(37,38)28-11-7-10-25(22-28)31(32,33)34)27-18-20-35(21-19-27)30-13-6-5-12-29(30)24-8-3-2-4-9-24/h2-4,7-11,14-17,22,27,29-30H,5-6,12-13,18-21H2,1H3/t29-,30-/m1/s1. The lowest BCUT2D eigenvalue weighted by Crippen LogP contribution is -2.51. The molecule has 2 atom stereocenters. The van der Waals surface area contributed by atoms with Crippen molar-refractivity contribution in [2.45, 2.75) is 74.5 Å². The van der Waals surface area contributed by atoms with E-state index < -0.39 is 21.8 Å². The van der Waals surface area contributed by atoms with Crippen LogP contribution in [-0.2, 0) is 16.2 Å². The fourth-order valence-corrected chi connectivity index (χ4v) is 8.03. The van der Waals surface area contributed by atoms with Crippen LogP contribution in [0, 0.1) is 6.92 Å². The molecule has 1 aliphatic heterocycles. The molecule has 208 valence electrons. The summed E-state index contributed by atoms with van der Waals surface area (Å²) in [6, 6.07) is 21.9. The van der Waals surface area contributed by atoms with E-state index in [1.54, 1.807) is 12.1 Å². The summed E-state index contributed by atoms with van der Waals surface area (Å²) in [5.74, 6) is 0.457. The molecule has 0 spiro atoms. The van der Waals surface area contributed by atoms with Gasteiger partial charge in [-0.1, -0.05) is 66.9 Å². The lowest BCUT2D eigenvalue weighted by atomic mass is 9.78. The van der Waals surface area contributed by atoms with Gasteiger partial charge in [0.2, 0.25) is 0 Å². The van der Waals surface area contributed by atoms with E-state index >= 15 is 0 Å². The van der Waals surface area contributed by atoms with Crippen LogP contribution in [0.2, 0.25) is 0 Å². The fraction of sp³-hybridized carbons (Fsp3) is 0.419. The number of anilines is 1. The van der Waals surface area contributed by atoms with Gasteiger partial charge in [-0.2, -0.15) is 13.2 Å². The summed E-state index contributed by atoms with van der Waals surface area (Å²) in [4.78, 5) is 2.18. The van der Waals surface area contributed by atoms with Crippen LogP contribution in [0.15, 0.2) is 83.8 Å². The number of nitrogens with zero attached hydrogens (tertiary/aromatic N) is 2. The van der Waals surface area contributed by atoms with Gasteiger partial charge in [0.05, 0.1) is 16.1 Å². The Morgan fingerprint density at radius 1 is 0.821 bits per heavy atom. The van der Waals surface area contributed by atoms with Crippen molar-refractivity contribution < 1.29 is 21.6 Å². The van der Waals surface area contributed by atoms with Crippen molar-refractivity contribution in [1.29, 1.82) is 0 Å². The lowest BCUT2D eigenvalue weighted by molar-refractivity contribution is -0.137. The van der Waals surface area contributed by atoms with Gasteiger partial charge in [0.1, 0.15) is 0 Å². The molecule has 39 heavy (non-hydrogen) atoms. The molecule has 0 N–H and O–H groups in total. The minimum absolute atomic E-state index is 0.336. The number of hydrogen-bond acceptors (Lipinski definition) is 3. The molecule has 0 unspecified atom stereocenters. The Morgan fingerprint density at radius 3 is 2.15 bits per heavy atom. The second kappa shape index (κ2) is 11.3. The summed E-state index contributed by atoms with van der Waals surface area (Å²) in [5, 5.41) is 0. The third-order valence-electron chi connectivity index (χ3n) is 8.26. The molecule has 1 saturated heterocycles. The van der Waals surface area contributed by atoms with E-state index in [0.29, 0.717) is 30.5 Å². The maximum Gasteiger partial charge on any atom is 0.416 e. The van der Waals surface area contributed by atoms with Gasteiger partial charge >= 0.3 is 6.18 Å². The molecule has 5 rings (SSSR count). The molecule has 2 fully saturated rings. The van der Waals surface area contributed by atoms with Gasteiger partial charge in [-0.25, -0.2) is 8.42 Å². The Hall–Kier alpha value is -2.84. The highest BCUT2D eigenvalue weighted by molar-refractivity contribution is 7.92. The maximum absolute atomic E-state index is 14.0. The average Bonchev–Trinajstić information content (AvgIpc) is 2.95. The molecule has 1 heterocycles. The zero-order valence-electron chi connectivity index (χ0n) is 22.1. The van der Waals surface area contributed by atoms with Gasteiger partial charge in [-0.15, -0.1) is 0 Å². The number of alkyl halides is 3. The highest BCUT2D eigenvalue weighted by Crippen LogP contribution is 2.39. The SMILES string of the molecule is Cc1ccc(N(C2CCN([C@@H]3CCCC[C@@H]3c3ccccc3)CC2)S(=O)(=O)c2cccc(C(F)(F)F)c2)cc1. The summed E-state index contributed by atoms with van der Waals surface area (Å²) in [6.45, 7) is 3.42. The summed E-state index contributed by atoms with van der Waals surface area (Å²) >= 11 is 0. The molecule has 3 aromatic carbocycles. The van der Waals surface area contributed by atoms with E-state index in [1.807, 2.05) is 25.1 Å². The Labute approximate surface area is 229 Å². The number of halogens is 3. The van der Waals surface area contributed by atoms with Gasteiger partial charge < -0.3 is 0 Å². The van der Waals surface area contributed by atoms with Gasteiger partial charge in [0.25, 0.3) is 10.0 Å². The second-order valence-corrected chi connectivity index (χ2v) is 12.6. The number of rotatable bonds is 6. The number of sulfonamides is 1. The number of aryl methyl sites for hydroxylation is 1. The first-order valence-electron chi connectivity index (χ1n) is 13.7. The zero-order valence-corrected chi connectivity index (χ0v) is 23.0. The second-order valence-electron chi connectivity index (χ2n) is 10.8. The Kier molecular flexibility index (Phi) is 8.06. The van der Waals surface area contributed by atoms with Gasteiger partial charge in [-0.3, -0.25) is 9.21 Å². The summed E-state index contributed by atoms with van der Waals surface area (Å²) < 4.78 is 69.6. The zero-order chi connectivity index (χ0) is 27.6. The first kappa shape index (κ1) is 27.7. The lowest BCUT2D eigenvalue weighted by Gasteiger charge is -2.45. The predicted octanol–water partition coefficient (Wildman–Crippen LogP) is 7.40. The normalized spacial score (nSPS) is 21.5. The smallest absolute Gasteiger partial charge is 0.300 e. The highest BCUT2D eigenvalue weighted by Gasteiger charge is 2.39. The molecule has 1 saturated carbocycles. The fourth-order valence-electron chi connectivity index (χ4n) is 6.27. The summed E-state index contributed by atoms with van der Waals surface area (Å²) in [7, 11) is -4.23. The monoisotopic (exact) mass is 556 g/mol. The van der Waals surface area contributed by atoms with Crippen LogP contribution in [0.4, 0.5) is 18.9 Å². The number of benzene rings is 3. The molecule has 2 aliphatic rings. The molecule has 1 aliphatic carbocycles. The van der Waals surface area contributed by atoms with Crippen LogP contribution in [0.1, 0.15) is 61.1 Å². The topological polar surface area (TPSA) is 40.6 Å². The van der Waals surface area contributed by atoms with Crippen molar-refractivity contribution in [2.75, 3.05) is 17.4 Å². The number of piperidine rings is 1. The van der Waals surface area contributed by atoms with Crippen LogP contribution in [0.5, 0.6) is 0 Å². The molecular weight excluding hydrogens is 521 g/mol. The Bertz CT molecular complexity index is 1350. The highest BCUT2D eigenvalue weighted by atomic mass is 32.2. The van der Waals surface area contributed by atoms with Crippen molar-refractivity contribution in [3.05, 3.63) is 95.6 Å². The number of likely N-dealkylation sites (tertiary alicyclic amines) is 1. The van der Waals surface area contributed by atoms with Gasteiger partial charge in [-0.05, 0) is 74.4 Å². The molecule has 8 heteroatoms. The van der Waals surface area contributed by atoms with E-state index in [-0.39, 0.29) is 10.9 Å². The van der Waals surface area contributed by atoms with Crippen molar-refractivity contribution in [2.24, 2.45) is 0 Å². The van der Waals surface area contributed by atoms with Crippen molar-refractivity contribution >= 4 is 15.7 Å². The molecule has 4 nitrogen and oxygen atoms in total. The summed E-state index contributed by atoms with van der Waals surface area (Å²) in [6.07, 6.45) is 1.27. The Morgan fingerprint density at radius 2 is 1.49 bits per heavy atom. The largest absolute Gasteiger partial charge is 0.416 e. The van der Waals surface area contributed by atoms with Crippen LogP contribution < -0.4 is 4.31 Å². The molecule has 0 aromatic heterocycles. The Balaban J connectivity index is 1.41. The minimum Gasteiger partial charge on any atom is -0.300 e. The average molecular weight is 557 g/mol. The first-order chi connectivity index (χ1) is 18.6. The van der Waals surface area contributed by atoms with Gasteiger partial charge in [0.15, 0.2) is 0 Å².